The van der Waals surface area contributed by atoms with Gasteiger partial charge in [-0.15, -0.1) is 0 Å². The molecule has 1 saturated carbocycles. The van der Waals surface area contributed by atoms with E-state index in [-0.39, 0.29) is 11.6 Å². The molecule has 0 spiro atoms. The van der Waals surface area contributed by atoms with Gasteiger partial charge in [0, 0.05) is 22.8 Å². The summed E-state index contributed by atoms with van der Waals surface area (Å²) in [6.07, 6.45) is 4.74. The number of hydrogen-bond donors (Lipinski definition) is 0. The average Bonchev–Trinajstić information content (AvgIpc) is 2.96. The average molecular weight is 338 g/mol. The number of allylic oxidation sites excluding steroid dienone is 2. The Morgan fingerprint density at radius 1 is 0.920 bits per heavy atom. The van der Waals surface area contributed by atoms with Gasteiger partial charge in [-0.25, -0.2) is 4.39 Å². The molecule has 0 N–H and O–H groups in total. The lowest BCUT2D eigenvalue weighted by Crippen LogP contribution is -1.96. The molecule has 3 nitrogen and oxygen atoms in total. The van der Waals surface area contributed by atoms with Crippen molar-refractivity contribution < 1.29 is 18.7 Å². The van der Waals surface area contributed by atoms with E-state index in [0.29, 0.717) is 41.1 Å². The Labute approximate surface area is 146 Å². The minimum atomic E-state index is -0.322. The Morgan fingerprint density at radius 3 is 2.12 bits per heavy atom. The Kier molecular flexibility index (Phi) is 4.98. The fraction of sp³-hybridized carbons (Fsp3) is 0.190. The number of hydrogen-bond acceptors (Lipinski definition) is 3. The fourth-order valence-corrected chi connectivity index (χ4v) is 2.87. The number of rotatable bonds is 4. The standard InChI is InChI=1S/C21H19FO3/c1-24-18-10-14(11-19(13-18)25-2)9-16-7-8-17(21(16)23)12-15-5-3-4-6-20(15)22/h3-6,9-13H,7-8H2,1-2H3. The third kappa shape index (κ3) is 3.79. The largest absolute Gasteiger partial charge is 0.497 e. The first-order chi connectivity index (χ1) is 12.1. The second kappa shape index (κ2) is 7.34. The highest BCUT2D eigenvalue weighted by molar-refractivity contribution is 6.15. The summed E-state index contributed by atoms with van der Waals surface area (Å²) in [7, 11) is 3.17. The van der Waals surface area contributed by atoms with Gasteiger partial charge in [-0.1, -0.05) is 18.2 Å². The molecule has 0 atom stereocenters. The van der Waals surface area contributed by atoms with Gasteiger partial charge in [0.2, 0.25) is 0 Å². The first kappa shape index (κ1) is 17.0. The third-order valence-corrected chi connectivity index (χ3v) is 4.20. The molecule has 128 valence electrons. The molecule has 25 heavy (non-hydrogen) atoms. The van der Waals surface area contributed by atoms with Crippen LogP contribution >= 0.6 is 0 Å². The Bertz CT molecular complexity index is 843. The van der Waals surface area contributed by atoms with E-state index in [4.69, 9.17) is 9.47 Å². The van der Waals surface area contributed by atoms with Gasteiger partial charge in [0.15, 0.2) is 5.78 Å². The fourth-order valence-electron chi connectivity index (χ4n) is 2.87. The maximum atomic E-state index is 13.8. The van der Waals surface area contributed by atoms with Gasteiger partial charge in [-0.05, 0) is 48.8 Å². The quantitative estimate of drug-likeness (QED) is 0.760. The summed E-state index contributed by atoms with van der Waals surface area (Å²) in [6, 6.07) is 11.9. The van der Waals surface area contributed by atoms with Gasteiger partial charge in [0.05, 0.1) is 14.2 Å². The van der Waals surface area contributed by atoms with Gasteiger partial charge in [0.25, 0.3) is 0 Å². The molecule has 0 aromatic heterocycles. The molecular formula is C21H19FO3. The molecule has 2 aromatic rings. The molecular weight excluding hydrogens is 319 g/mol. The van der Waals surface area contributed by atoms with Gasteiger partial charge in [0.1, 0.15) is 17.3 Å². The second-order valence-corrected chi connectivity index (χ2v) is 5.84. The van der Waals surface area contributed by atoms with Crippen molar-refractivity contribution in [3.8, 4) is 11.5 Å². The van der Waals surface area contributed by atoms with Crippen LogP contribution in [-0.4, -0.2) is 20.0 Å². The lowest BCUT2D eigenvalue weighted by atomic mass is 10.1. The zero-order valence-electron chi connectivity index (χ0n) is 14.2. The summed E-state index contributed by atoms with van der Waals surface area (Å²) in [4.78, 5) is 12.6. The summed E-state index contributed by atoms with van der Waals surface area (Å²) in [5.74, 6) is 0.973. The molecule has 4 heteroatoms. The zero-order chi connectivity index (χ0) is 17.8. The predicted molar refractivity (Wildman–Crippen MR) is 96.1 cm³/mol. The van der Waals surface area contributed by atoms with Crippen molar-refractivity contribution in [2.75, 3.05) is 14.2 Å². The van der Waals surface area contributed by atoms with E-state index in [1.165, 1.54) is 6.07 Å². The molecule has 3 rings (SSSR count). The SMILES string of the molecule is COc1cc(C=C2CCC(=Cc3ccccc3F)C2=O)cc(OC)c1. The van der Waals surface area contributed by atoms with Crippen LogP contribution in [0.3, 0.4) is 0 Å². The van der Waals surface area contributed by atoms with E-state index in [1.54, 1.807) is 44.6 Å². The second-order valence-electron chi connectivity index (χ2n) is 5.84. The van der Waals surface area contributed by atoms with Crippen molar-refractivity contribution in [1.82, 2.24) is 0 Å². The molecule has 2 aromatic carbocycles. The lowest BCUT2D eigenvalue weighted by Gasteiger charge is -2.06. The van der Waals surface area contributed by atoms with Crippen LogP contribution in [0.25, 0.3) is 12.2 Å². The molecule has 0 saturated heterocycles. The van der Waals surface area contributed by atoms with Crippen LogP contribution in [-0.2, 0) is 4.79 Å². The van der Waals surface area contributed by atoms with Crippen molar-refractivity contribution in [2.45, 2.75) is 12.8 Å². The van der Waals surface area contributed by atoms with Crippen LogP contribution < -0.4 is 9.47 Å². The Morgan fingerprint density at radius 2 is 1.52 bits per heavy atom. The van der Waals surface area contributed by atoms with Crippen LogP contribution in [0.1, 0.15) is 24.0 Å². The number of carbonyl (C=O) groups excluding carboxylic acids is 1. The first-order valence-electron chi connectivity index (χ1n) is 8.04. The smallest absolute Gasteiger partial charge is 0.185 e. The topological polar surface area (TPSA) is 35.5 Å². The summed E-state index contributed by atoms with van der Waals surface area (Å²) in [5.41, 5.74) is 2.62. The highest BCUT2D eigenvalue weighted by Gasteiger charge is 2.23. The number of ether oxygens (including phenoxy) is 2. The van der Waals surface area contributed by atoms with Gasteiger partial charge in [-0.2, -0.15) is 0 Å². The summed E-state index contributed by atoms with van der Waals surface area (Å²) >= 11 is 0. The number of Topliss-reactive ketones (excluding diaryl/α,β-unsaturated/α-hetero) is 1. The highest BCUT2D eigenvalue weighted by atomic mass is 19.1. The number of methoxy groups -OCH3 is 2. The normalized spacial score (nSPS) is 17.3. The van der Waals surface area contributed by atoms with Crippen molar-refractivity contribution >= 4 is 17.9 Å². The van der Waals surface area contributed by atoms with E-state index in [9.17, 15) is 9.18 Å². The summed E-state index contributed by atoms with van der Waals surface area (Å²) < 4.78 is 24.3. The molecule has 0 aliphatic heterocycles. The van der Waals surface area contributed by atoms with Gasteiger partial charge >= 0.3 is 0 Å². The summed E-state index contributed by atoms with van der Waals surface area (Å²) in [6.45, 7) is 0. The van der Waals surface area contributed by atoms with Gasteiger partial charge < -0.3 is 9.47 Å². The monoisotopic (exact) mass is 338 g/mol. The molecule has 0 radical (unpaired) electrons. The van der Waals surface area contributed by atoms with Crippen LogP contribution in [0.5, 0.6) is 11.5 Å². The van der Waals surface area contributed by atoms with Crippen LogP contribution in [0.2, 0.25) is 0 Å². The molecule has 0 unspecified atom stereocenters. The van der Waals surface area contributed by atoms with Crippen molar-refractivity contribution in [3.05, 3.63) is 70.6 Å². The van der Waals surface area contributed by atoms with E-state index in [2.05, 4.69) is 0 Å². The maximum Gasteiger partial charge on any atom is 0.185 e. The molecule has 1 aliphatic rings. The number of benzene rings is 2. The first-order valence-corrected chi connectivity index (χ1v) is 8.04. The van der Waals surface area contributed by atoms with E-state index in [0.717, 1.165) is 5.56 Å². The number of ketones is 1. The summed E-state index contributed by atoms with van der Waals surface area (Å²) in [5, 5.41) is 0. The van der Waals surface area contributed by atoms with Gasteiger partial charge in [-0.3, -0.25) is 4.79 Å². The third-order valence-electron chi connectivity index (χ3n) is 4.20. The molecule has 1 aliphatic carbocycles. The minimum Gasteiger partial charge on any atom is -0.497 e. The minimum absolute atomic E-state index is 0.0370. The number of halogens is 1. The van der Waals surface area contributed by atoms with E-state index in [1.807, 2.05) is 18.2 Å². The lowest BCUT2D eigenvalue weighted by molar-refractivity contribution is -0.111. The predicted octanol–water partition coefficient (Wildman–Crippen LogP) is 4.67. The molecule has 0 heterocycles. The van der Waals surface area contributed by atoms with Crippen LogP contribution in [0.15, 0.2) is 53.6 Å². The van der Waals surface area contributed by atoms with Crippen molar-refractivity contribution in [2.24, 2.45) is 0 Å². The van der Waals surface area contributed by atoms with Crippen LogP contribution in [0, 0.1) is 5.82 Å². The van der Waals surface area contributed by atoms with E-state index < -0.39 is 0 Å². The molecule has 0 amide bonds. The molecule has 0 bridgehead atoms. The Balaban J connectivity index is 1.89. The maximum absolute atomic E-state index is 13.8. The van der Waals surface area contributed by atoms with Crippen molar-refractivity contribution in [1.29, 1.82) is 0 Å². The molecule has 1 fully saturated rings. The van der Waals surface area contributed by atoms with Crippen LogP contribution in [0.4, 0.5) is 4.39 Å². The highest BCUT2D eigenvalue weighted by Crippen LogP contribution is 2.31. The van der Waals surface area contributed by atoms with E-state index >= 15 is 0 Å². The zero-order valence-corrected chi connectivity index (χ0v) is 14.2. The Hall–Kier alpha value is -2.88. The van der Waals surface area contributed by atoms with Crippen molar-refractivity contribution in [3.63, 3.8) is 0 Å². The number of carbonyl (C=O) groups is 1.